The number of nitrogens with zero attached hydrogens (tertiary/aromatic N) is 2. The van der Waals surface area contributed by atoms with E-state index in [0.717, 1.165) is 32.6 Å². The third kappa shape index (κ3) is 5.75. The zero-order valence-corrected chi connectivity index (χ0v) is 18.7. The van der Waals surface area contributed by atoms with Gasteiger partial charge in [-0.15, -0.1) is 11.8 Å². The molecule has 160 valence electrons. The fourth-order valence-electron chi connectivity index (χ4n) is 3.98. The van der Waals surface area contributed by atoms with Crippen molar-refractivity contribution in [2.75, 3.05) is 32.7 Å². The van der Waals surface area contributed by atoms with Gasteiger partial charge in [0.25, 0.3) is 0 Å². The molecule has 0 aromatic heterocycles. The van der Waals surface area contributed by atoms with Crippen molar-refractivity contribution in [2.45, 2.75) is 36.3 Å². The molecule has 2 aliphatic rings. The van der Waals surface area contributed by atoms with Gasteiger partial charge in [0.1, 0.15) is 11.4 Å². The highest BCUT2D eigenvalue weighted by molar-refractivity contribution is 8.02. The SMILES string of the molecule is CC(C)C[C@H](SC1(N2CCNCC2)C=CC(c2ccccc2)C=C1)C(=O)NCC#N. The Morgan fingerprint density at radius 2 is 1.93 bits per heavy atom. The van der Waals surface area contributed by atoms with Crippen molar-refractivity contribution in [1.82, 2.24) is 15.5 Å². The second-order valence-corrected chi connectivity index (χ2v) is 9.71. The van der Waals surface area contributed by atoms with Crippen molar-refractivity contribution in [2.24, 2.45) is 5.92 Å². The first-order chi connectivity index (χ1) is 14.5. The van der Waals surface area contributed by atoms with Gasteiger partial charge in [-0.25, -0.2) is 0 Å². The molecule has 30 heavy (non-hydrogen) atoms. The highest BCUT2D eigenvalue weighted by Gasteiger charge is 2.39. The van der Waals surface area contributed by atoms with Crippen molar-refractivity contribution in [1.29, 1.82) is 5.26 Å². The smallest absolute Gasteiger partial charge is 0.234 e. The quantitative estimate of drug-likeness (QED) is 0.495. The summed E-state index contributed by atoms with van der Waals surface area (Å²) in [5.74, 6) is 0.597. The van der Waals surface area contributed by atoms with E-state index in [1.54, 1.807) is 11.8 Å². The molecule has 1 aromatic rings. The molecule has 0 unspecified atom stereocenters. The highest BCUT2D eigenvalue weighted by Crippen LogP contribution is 2.42. The summed E-state index contributed by atoms with van der Waals surface area (Å²) in [6, 6.07) is 12.5. The number of carbonyl (C=O) groups is 1. The molecule has 0 radical (unpaired) electrons. The van der Waals surface area contributed by atoms with Crippen LogP contribution in [0.4, 0.5) is 0 Å². The first-order valence-corrected chi connectivity index (χ1v) is 11.6. The van der Waals surface area contributed by atoms with Crippen LogP contribution in [-0.2, 0) is 4.79 Å². The lowest BCUT2D eigenvalue weighted by atomic mass is 9.92. The molecule has 1 fully saturated rings. The van der Waals surface area contributed by atoms with E-state index in [0.29, 0.717) is 5.92 Å². The fourth-order valence-corrected chi connectivity index (χ4v) is 5.76. The maximum atomic E-state index is 12.9. The molecule has 0 spiro atoms. The molecule has 1 saturated heterocycles. The Bertz CT molecular complexity index is 779. The lowest BCUT2D eigenvalue weighted by molar-refractivity contribution is -0.120. The molecule has 0 bridgehead atoms. The van der Waals surface area contributed by atoms with Crippen LogP contribution in [0.5, 0.6) is 0 Å². The Morgan fingerprint density at radius 3 is 2.53 bits per heavy atom. The Hall–Kier alpha value is -2.07. The molecule has 1 aliphatic heterocycles. The van der Waals surface area contributed by atoms with Gasteiger partial charge in [-0.3, -0.25) is 9.69 Å². The van der Waals surface area contributed by atoms with Crippen LogP contribution in [0.2, 0.25) is 0 Å². The van der Waals surface area contributed by atoms with E-state index in [1.807, 2.05) is 12.1 Å². The number of allylic oxidation sites excluding steroid dienone is 2. The number of hydrogen-bond acceptors (Lipinski definition) is 5. The first kappa shape index (κ1) is 22.6. The Kier molecular flexibility index (Phi) is 8.15. The van der Waals surface area contributed by atoms with Gasteiger partial charge in [-0.05, 0) is 17.9 Å². The lowest BCUT2D eigenvalue weighted by Crippen LogP contribution is -2.54. The molecule has 6 heteroatoms. The van der Waals surface area contributed by atoms with Crippen LogP contribution in [0.25, 0.3) is 0 Å². The van der Waals surface area contributed by atoms with Gasteiger partial charge in [-0.2, -0.15) is 5.26 Å². The van der Waals surface area contributed by atoms with Crippen molar-refractivity contribution < 1.29 is 4.79 Å². The molecule has 3 rings (SSSR count). The summed E-state index contributed by atoms with van der Waals surface area (Å²) in [5.41, 5.74) is 1.27. The number of thioether (sulfide) groups is 1. The van der Waals surface area contributed by atoms with Crippen LogP contribution in [0.1, 0.15) is 31.7 Å². The molecule has 1 heterocycles. The molecule has 1 amide bonds. The monoisotopic (exact) mass is 424 g/mol. The summed E-state index contributed by atoms with van der Waals surface area (Å²) in [5, 5.41) is 14.9. The molecule has 1 atom stereocenters. The second-order valence-electron chi connectivity index (χ2n) is 8.26. The number of nitrogens with one attached hydrogen (secondary N) is 2. The van der Waals surface area contributed by atoms with E-state index >= 15 is 0 Å². The number of amides is 1. The molecule has 1 aromatic carbocycles. The summed E-state index contributed by atoms with van der Waals surface area (Å²) in [6.07, 6.45) is 9.88. The van der Waals surface area contributed by atoms with Gasteiger partial charge in [0.2, 0.25) is 5.91 Å². The van der Waals surface area contributed by atoms with Crippen LogP contribution in [0, 0.1) is 17.2 Å². The fraction of sp³-hybridized carbons (Fsp3) is 0.500. The average molecular weight is 425 g/mol. The number of piperazine rings is 1. The number of nitriles is 1. The minimum absolute atomic E-state index is 0.0447. The van der Waals surface area contributed by atoms with Crippen molar-refractivity contribution >= 4 is 17.7 Å². The van der Waals surface area contributed by atoms with Crippen molar-refractivity contribution in [3.05, 3.63) is 60.2 Å². The van der Waals surface area contributed by atoms with Gasteiger partial charge >= 0.3 is 0 Å². The molecule has 5 nitrogen and oxygen atoms in total. The molecule has 1 aliphatic carbocycles. The Morgan fingerprint density at radius 1 is 1.27 bits per heavy atom. The Balaban J connectivity index is 1.86. The zero-order chi connectivity index (χ0) is 21.4. The van der Waals surface area contributed by atoms with Crippen LogP contribution in [0.3, 0.4) is 0 Å². The predicted octanol–water partition coefficient (Wildman–Crippen LogP) is 3.29. The van der Waals surface area contributed by atoms with Crippen LogP contribution >= 0.6 is 11.8 Å². The van der Waals surface area contributed by atoms with E-state index in [9.17, 15) is 4.79 Å². The van der Waals surface area contributed by atoms with E-state index < -0.39 is 0 Å². The Labute approximate surface area is 184 Å². The van der Waals surface area contributed by atoms with Crippen molar-refractivity contribution in [3.63, 3.8) is 0 Å². The summed E-state index contributed by atoms with van der Waals surface area (Å²) < 4.78 is 0. The van der Waals surface area contributed by atoms with Gasteiger partial charge in [-0.1, -0.05) is 68.5 Å². The molecule has 0 saturated carbocycles. The number of benzene rings is 1. The van der Waals surface area contributed by atoms with Crippen LogP contribution in [0.15, 0.2) is 54.6 Å². The van der Waals surface area contributed by atoms with E-state index in [-0.39, 0.29) is 28.5 Å². The van der Waals surface area contributed by atoms with E-state index in [4.69, 9.17) is 5.26 Å². The highest BCUT2D eigenvalue weighted by atomic mass is 32.2. The van der Waals surface area contributed by atoms with Gasteiger partial charge < -0.3 is 10.6 Å². The maximum absolute atomic E-state index is 12.9. The first-order valence-electron chi connectivity index (χ1n) is 10.8. The standard InChI is InChI=1S/C24H32N4OS/c1-19(2)18-22(23(29)27-13-12-25)30-24(28-16-14-26-15-17-28)10-8-21(9-11-24)20-6-4-3-5-7-20/h3-11,19,21-22,26H,13-18H2,1-2H3,(H,27,29)/t21?,22-,24?/m0/s1. The molecule has 2 N–H and O–H groups in total. The van der Waals surface area contributed by atoms with Crippen molar-refractivity contribution in [3.8, 4) is 6.07 Å². The topological polar surface area (TPSA) is 68.2 Å². The third-order valence-corrected chi connectivity index (χ3v) is 7.13. The molecular formula is C24H32N4OS. The van der Waals surface area contributed by atoms with E-state index in [2.05, 4.69) is 78.0 Å². The minimum Gasteiger partial charge on any atom is -0.342 e. The molecular weight excluding hydrogens is 392 g/mol. The summed E-state index contributed by atoms with van der Waals surface area (Å²) in [6.45, 7) is 8.10. The summed E-state index contributed by atoms with van der Waals surface area (Å²) in [4.78, 5) is 15.0. The lowest BCUT2D eigenvalue weighted by Gasteiger charge is -2.45. The number of hydrogen-bond donors (Lipinski definition) is 2. The van der Waals surface area contributed by atoms with Crippen LogP contribution < -0.4 is 10.6 Å². The summed E-state index contributed by atoms with van der Waals surface area (Å²) >= 11 is 1.71. The largest absolute Gasteiger partial charge is 0.342 e. The zero-order valence-electron chi connectivity index (χ0n) is 17.9. The second kappa shape index (κ2) is 10.8. The third-order valence-electron chi connectivity index (χ3n) is 5.53. The number of rotatable bonds is 8. The van der Waals surface area contributed by atoms with Crippen LogP contribution in [-0.4, -0.2) is 53.7 Å². The van der Waals surface area contributed by atoms with Gasteiger partial charge in [0.05, 0.1) is 11.3 Å². The van der Waals surface area contributed by atoms with Gasteiger partial charge in [0, 0.05) is 32.1 Å². The summed E-state index contributed by atoms with van der Waals surface area (Å²) in [7, 11) is 0. The number of carbonyl (C=O) groups excluding carboxylic acids is 1. The minimum atomic E-state index is -0.350. The normalized spacial score (nSPS) is 25.1. The maximum Gasteiger partial charge on any atom is 0.234 e. The van der Waals surface area contributed by atoms with E-state index in [1.165, 1.54) is 5.56 Å². The average Bonchev–Trinajstić information content (AvgIpc) is 2.78. The predicted molar refractivity (Wildman–Crippen MR) is 124 cm³/mol. The van der Waals surface area contributed by atoms with Gasteiger partial charge in [0.15, 0.2) is 0 Å².